The van der Waals surface area contributed by atoms with E-state index in [4.69, 9.17) is 4.74 Å². The molecule has 1 saturated carbocycles. The van der Waals surface area contributed by atoms with Gasteiger partial charge in [0.15, 0.2) is 0 Å². The molecule has 102 valence electrons. The summed E-state index contributed by atoms with van der Waals surface area (Å²) < 4.78 is 5.52. The Kier molecular flexibility index (Phi) is 3.69. The number of piperidine rings is 1. The maximum Gasteiger partial charge on any atom is 0.410 e. The van der Waals surface area contributed by atoms with E-state index in [1.54, 1.807) is 0 Å². The predicted molar refractivity (Wildman–Crippen MR) is 72.4 cm³/mol. The highest BCUT2D eigenvalue weighted by Crippen LogP contribution is 2.37. The molecule has 1 aliphatic carbocycles. The number of ether oxygens (including phenoxy) is 1. The molecule has 0 N–H and O–H groups in total. The molecule has 2 fully saturated rings. The summed E-state index contributed by atoms with van der Waals surface area (Å²) in [4.78, 5) is 14.2. The van der Waals surface area contributed by atoms with Crippen LogP contribution in [0.2, 0.25) is 0 Å². The van der Waals surface area contributed by atoms with Gasteiger partial charge >= 0.3 is 6.09 Å². The fraction of sp³-hybridized carbons (Fsp3) is 0.800. The van der Waals surface area contributed by atoms with Gasteiger partial charge in [0.25, 0.3) is 0 Å². The van der Waals surface area contributed by atoms with Crippen LogP contribution in [0.5, 0.6) is 0 Å². The van der Waals surface area contributed by atoms with Crippen molar-refractivity contribution < 1.29 is 9.53 Å². The van der Waals surface area contributed by atoms with Crippen molar-refractivity contribution in [1.82, 2.24) is 4.90 Å². The smallest absolute Gasteiger partial charge is 0.410 e. The molecule has 0 aromatic carbocycles. The van der Waals surface area contributed by atoms with Crippen LogP contribution in [0.15, 0.2) is 12.2 Å². The van der Waals surface area contributed by atoms with Crippen LogP contribution in [0.4, 0.5) is 4.79 Å². The number of nitrogens with zero attached hydrogens (tertiary/aromatic N) is 1. The van der Waals surface area contributed by atoms with Crippen LogP contribution >= 0.6 is 0 Å². The largest absolute Gasteiger partial charge is 0.444 e. The van der Waals surface area contributed by atoms with Gasteiger partial charge in [-0.3, -0.25) is 0 Å². The van der Waals surface area contributed by atoms with Crippen molar-refractivity contribution in [2.24, 2.45) is 5.92 Å². The van der Waals surface area contributed by atoms with Crippen LogP contribution in [0.3, 0.4) is 0 Å². The number of likely N-dealkylation sites (tertiary alicyclic amines) is 1. The quantitative estimate of drug-likeness (QED) is 0.614. The van der Waals surface area contributed by atoms with Crippen LogP contribution in [0.25, 0.3) is 0 Å². The lowest BCUT2D eigenvalue weighted by atomic mass is 9.77. The van der Waals surface area contributed by atoms with E-state index in [1.165, 1.54) is 24.8 Å². The van der Waals surface area contributed by atoms with E-state index in [-0.39, 0.29) is 6.09 Å². The molecule has 1 heterocycles. The minimum absolute atomic E-state index is 0.166. The topological polar surface area (TPSA) is 29.5 Å². The third-order valence-electron chi connectivity index (χ3n) is 3.84. The van der Waals surface area contributed by atoms with E-state index in [0.29, 0.717) is 18.5 Å². The summed E-state index contributed by atoms with van der Waals surface area (Å²) in [6, 6.07) is 0.374. The Morgan fingerprint density at radius 1 is 1.33 bits per heavy atom. The Hall–Kier alpha value is -0.990. The highest BCUT2D eigenvalue weighted by Gasteiger charge is 2.38. The van der Waals surface area contributed by atoms with Crippen molar-refractivity contribution in [1.29, 1.82) is 0 Å². The van der Waals surface area contributed by atoms with E-state index in [1.807, 2.05) is 25.7 Å². The van der Waals surface area contributed by atoms with Crippen LogP contribution in [-0.4, -0.2) is 29.2 Å². The molecule has 1 aliphatic heterocycles. The molecule has 2 atom stereocenters. The lowest BCUT2D eigenvalue weighted by Crippen LogP contribution is -2.51. The van der Waals surface area contributed by atoms with Gasteiger partial charge in [-0.25, -0.2) is 4.79 Å². The standard InChI is InChI=1S/C15H25NO2/c1-11-9-12-7-5-6-8-13(12)16(10-11)14(17)18-15(2,3)4/h12-13H,1,5-10H2,2-4H3/t12-,13-/m0/s1. The van der Waals surface area contributed by atoms with Crippen molar-refractivity contribution in [2.75, 3.05) is 6.54 Å². The molecule has 18 heavy (non-hydrogen) atoms. The lowest BCUT2D eigenvalue weighted by Gasteiger charge is -2.44. The second-order valence-electron chi connectivity index (χ2n) is 6.67. The Morgan fingerprint density at radius 3 is 2.67 bits per heavy atom. The molecule has 2 aliphatic rings. The minimum Gasteiger partial charge on any atom is -0.444 e. The van der Waals surface area contributed by atoms with Crippen LogP contribution in [-0.2, 0) is 4.74 Å². The third kappa shape index (κ3) is 3.06. The highest BCUT2D eigenvalue weighted by molar-refractivity contribution is 5.69. The first-order valence-corrected chi connectivity index (χ1v) is 7.03. The molecule has 0 unspecified atom stereocenters. The van der Waals surface area contributed by atoms with Crippen molar-refractivity contribution in [3.63, 3.8) is 0 Å². The number of hydrogen-bond acceptors (Lipinski definition) is 2. The monoisotopic (exact) mass is 251 g/mol. The number of fused-ring (bicyclic) bond motifs is 1. The zero-order valence-electron chi connectivity index (χ0n) is 11.9. The van der Waals surface area contributed by atoms with E-state index >= 15 is 0 Å². The molecular weight excluding hydrogens is 226 g/mol. The summed E-state index contributed by atoms with van der Waals surface area (Å²) in [5, 5.41) is 0. The average molecular weight is 251 g/mol. The number of amides is 1. The Bertz CT molecular complexity index is 343. The molecule has 3 heteroatoms. The first-order chi connectivity index (χ1) is 8.37. The SMILES string of the molecule is C=C1C[C@@H]2CCCC[C@@H]2N(C(=O)OC(C)(C)C)C1. The normalized spacial score (nSPS) is 28.8. The number of carbonyl (C=O) groups is 1. The van der Waals surface area contributed by atoms with E-state index in [9.17, 15) is 4.79 Å². The first-order valence-electron chi connectivity index (χ1n) is 7.03. The maximum absolute atomic E-state index is 12.3. The van der Waals surface area contributed by atoms with Crippen molar-refractivity contribution in [3.8, 4) is 0 Å². The van der Waals surface area contributed by atoms with Crippen molar-refractivity contribution >= 4 is 6.09 Å². The van der Waals surface area contributed by atoms with E-state index in [0.717, 1.165) is 12.8 Å². The lowest BCUT2D eigenvalue weighted by molar-refractivity contribution is 0.000419. The fourth-order valence-electron chi connectivity index (χ4n) is 3.15. The van der Waals surface area contributed by atoms with Gasteiger partial charge in [0, 0.05) is 12.6 Å². The van der Waals surface area contributed by atoms with Crippen LogP contribution in [0, 0.1) is 5.92 Å². The van der Waals surface area contributed by atoms with E-state index in [2.05, 4.69) is 6.58 Å². The maximum atomic E-state index is 12.3. The van der Waals surface area contributed by atoms with Gasteiger partial charge in [0.1, 0.15) is 5.60 Å². The van der Waals surface area contributed by atoms with Crippen molar-refractivity contribution in [3.05, 3.63) is 12.2 Å². The summed E-state index contributed by atoms with van der Waals surface area (Å²) in [6.45, 7) is 10.5. The molecule has 1 saturated heterocycles. The zero-order valence-corrected chi connectivity index (χ0v) is 11.9. The highest BCUT2D eigenvalue weighted by atomic mass is 16.6. The fourth-order valence-corrected chi connectivity index (χ4v) is 3.15. The molecule has 0 spiro atoms. The number of rotatable bonds is 0. The molecule has 2 rings (SSSR count). The zero-order chi connectivity index (χ0) is 13.3. The third-order valence-corrected chi connectivity index (χ3v) is 3.84. The summed E-state index contributed by atoms with van der Waals surface area (Å²) in [5.74, 6) is 0.604. The summed E-state index contributed by atoms with van der Waals surface area (Å²) in [5.41, 5.74) is 0.754. The van der Waals surface area contributed by atoms with Gasteiger partial charge in [-0.1, -0.05) is 25.0 Å². The second kappa shape index (κ2) is 4.94. The molecule has 3 nitrogen and oxygen atoms in total. The summed E-state index contributed by atoms with van der Waals surface area (Å²) >= 11 is 0. The predicted octanol–water partition coefficient (Wildman–Crippen LogP) is 3.74. The van der Waals surface area contributed by atoms with Gasteiger partial charge in [0.05, 0.1) is 0 Å². The van der Waals surface area contributed by atoms with Crippen LogP contribution in [0.1, 0.15) is 52.9 Å². The van der Waals surface area contributed by atoms with Gasteiger partial charge < -0.3 is 9.64 Å². The number of carbonyl (C=O) groups excluding carboxylic acids is 1. The summed E-state index contributed by atoms with van der Waals surface area (Å²) in [6.07, 6.45) is 5.79. The molecule has 0 aromatic rings. The van der Waals surface area contributed by atoms with Crippen molar-refractivity contribution in [2.45, 2.75) is 64.5 Å². The Labute approximate surface area is 110 Å². The molecule has 1 amide bonds. The summed E-state index contributed by atoms with van der Waals surface area (Å²) in [7, 11) is 0. The first kappa shape index (κ1) is 13.4. The van der Waals surface area contributed by atoms with Gasteiger partial charge in [-0.05, 0) is 46.0 Å². The molecular formula is C15H25NO2. The molecule has 0 radical (unpaired) electrons. The minimum atomic E-state index is -0.417. The second-order valence-corrected chi connectivity index (χ2v) is 6.67. The van der Waals surface area contributed by atoms with Gasteiger partial charge in [-0.15, -0.1) is 0 Å². The Morgan fingerprint density at radius 2 is 2.00 bits per heavy atom. The van der Waals surface area contributed by atoms with Gasteiger partial charge in [0.2, 0.25) is 0 Å². The van der Waals surface area contributed by atoms with Crippen LogP contribution < -0.4 is 0 Å². The van der Waals surface area contributed by atoms with E-state index < -0.39 is 5.60 Å². The average Bonchev–Trinajstić information content (AvgIpc) is 2.25. The number of hydrogen-bond donors (Lipinski definition) is 0. The van der Waals surface area contributed by atoms with Gasteiger partial charge in [-0.2, -0.15) is 0 Å². The Balaban J connectivity index is 2.09. The molecule has 0 aromatic heterocycles. The molecule has 0 bridgehead atoms.